The number of esters is 2. The molecule has 4 aliphatic rings. The van der Waals surface area contributed by atoms with Gasteiger partial charge in [-0.1, -0.05) is 94.1 Å². The number of rotatable bonds is 12. The molecule has 0 saturated heterocycles. The summed E-state index contributed by atoms with van der Waals surface area (Å²) < 4.78 is 20.6. The number of carbonyl (C=O) groups excluding carboxylic acids is 2. The normalized spacial score (nSPS) is 19.5. The summed E-state index contributed by atoms with van der Waals surface area (Å²) in [6, 6.07) is 0. The molecular weight excluding hydrogens is 713 g/mol. The van der Waals surface area contributed by atoms with Crippen LogP contribution in [0.5, 0.6) is 0 Å². The minimum atomic E-state index is -0.162. The average Bonchev–Trinajstić information content (AvgIpc) is 3.66. The monoisotopic (exact) mass is 736 g/mol. The van der Waals surface area contributed by atoms with Crippen LogP contribution in [0.15, 0.2) is 43.7 Å². The van der Waals surface area contributed by atoms with E-state index in [2.05, 4.69) is 25.3 Å². The largest absolute Gasteiger partial charge is 0.466 e. The Hall–Kier alpha value is 1.84. The first-order chi connectivity index (χ1) is 18.4. The van der Waals surface area contributed by atoms with Gasteiger partial charge in [-0.05, 0) is 13.8 Å². The minimum Gasteiger partial charge on any atom is -0.466 e. The van der Waals surface area contributed by atoms with Gasteiger partial charge in [-0.3, -0.25) is 9.59 Å². The van der Waals surface area contributed by atoms with Crippen molar-refractivity contribution in [3.05, 3.63) is 43.7 Å². The molecule has 0 unspecified atom stereocenters. The Bertz CT molecular complexity index is 1050. The minimum absolute atomic E-state index is 0.162. The number of hydrogen-bond donors (Lipinski definition) is 2. The van der Waals surface area contributed by atoms with Crippen LogP contribution in [0.25, 0.3) is 0 Å². The molecule has 0 N–H and O–H groups in total. The third-order valence-corrected chi connectivity index (χ3v) is 20.4. The smallest absolute Gasteiger partial charge is 0.306 e. The van der Waals surface area contributed by atoms with Gasteiger partial charge in [0.25, 0.3) is 0 Å². The van der Waals surface area contributed by atoms with E-state index >= 15 is 0 Å². The van der Waals surface area contributed by atoms with Crippen LogP contribution in [0.1, 0.15) is 26.7 Å². The third kappa shape index (κ3) is 8.93. The van der Waals surface area contributed by atoms with Crippen molar-refractivity contribution < 1.29 is 19.1 Å². The second-order valence-corrected chi connectivity index (χ2v) is 20.3. The lowest BCUT2D eigenvalue weighted by Crippen LogP contribution is -2.04. The van der Waals surface area contributed by atoms with E-state index in [1.54, 1.807) is 47.0 Å². The van der Waals surface area contributed by atoms with E-state index in [-0.39, 0.29) is 11.9 Å². The maximum Gasteiger partial charge on any atom is 0.306 e. The van der Waals surface area contributed by atoms with Crippen LogP contribution in [0.3, 0.4) is 0 Å². The molecule has 16 heteroatoms. The van der Waals surface area contributed by atoms with Gasteiger partial charge < -0.3 is 9.47 Å². The molecule has 0 saturated carbocycles. The molecule has 4 aliphatic heterocycles. The van der Waals surface area contributed by atoms with Crippen LogP contribution in [0.2, 0.25) is 0 Å². The van der Waals surface area contributed by atoms with Crippen molar-refractivity contribution >= 4 is 155 Å². The van der Waals surface area contributed by atoms with Crippen molar-refractivity contribution in [2.24, 2.45) is 0 Å². The lowest BCUT2D eigenvalue weighted by molar-refractivity contribution is -0.143. The van der Waals surface area contributed by atoms with Crippen LogP contribution >= 0.6 is 143 Å². The summed E-state index contributed by atoms with van der Waals surface area (Å²) in [4.78, 5) is 26.3. The average molecular weight is 737 g/mol. The second kappa shape index (κ2) is 16.6. The highest BCUT2D eigenvalue weighted by Crippen LogP contribution is 2.72. The molecule has 208 valence electrons. The van der Waals surface area contributed by atoms with Crippen LogP contribution < -0.4 is 0 Å². The first-order valence-corrected chi connectivity index (χ1v) is 21.1. The Morgan fingerprint density at radius 3 is 1.29 bits per heavy atom. The lowest BCUT2D eigenvalue weighted by atomic mass is 10.5. The van der Waals surface area contributed by atoms with Gasteiger partial charge in [0.2, 0.25) is 0 Å². The Labute approximate surface area is 277 Å². The third-order valence-electron chi connectivity index (χ3n) is 4.50. The number of ether oxygens (including phenoxy) is 2. The zero-order valence-corrected chi connectivity index (χ0v) is 30.2. The van der Waals surface area contributed by atoms with E-state index in [0.29, 0.717) is 37.6 Å². The molecule has 0 aromatic carbocycles. The van der Waals surface area contributed by atoms with Crippen molar-refractivity contribution in [2.75, 3.05) is 36.2 Å². The van der Waals surface area contributed by atoms with E-state index < -0.39 is 0 Å². The maximum absolute atomic E-state index is 11.8. The highest BCUT2D eigenvalue weighted by Gasteiger charge is 2.37. The molecular formula is C22H24O4S12. The van der Waals surface area contributed by atoms with Gasteiger partial charge in [-0.2, -0.15) is 25.3 Å². The van der Waals surface area contributed by atoms with Crippen molar-refractivity contribution in [2.45, 2.75) is 26.7 Å². The summed E-state index contributed by atoms with van der Waals surface area (Å²) in [5.74, 6) is 2.54. The molecule has 4 heterocycles. The number of hydrogen-bond acceptors (Lipinski definition) is 16. The quantitative estimate of drug-likeness (QED) is 0.148. The molecule has 0 amide bonds. The predicted molar refractivity (Wildman–Crippen MR) is 191 cm³/mol. The maximum atomic E-state index is 11.8. The molecule has 0 radical (unpaired) electrons. The van der Waals surface area contributed by atoms with Crippen LogP contribution in [0.4, 0.5) is 0 Å². The molecule has 0 aromatic rings. The zero-order chi connectivity index (χ0) is 27.1. The number of thiol groups is 2. The van der Waals surface area contributed by atoms with Crippen molar-refractivity contribution in [1.82, 2.24) is 0 Å². The molecule has 0 atom stereocenters. The fraction of sp³-hybridized carbons (Fsp3) is 0.455. The van der Waals surface area contributed by atoms with Gasteiger partial charge in [0, 0.05) is 32.8 Å². The highest BCUT2D eigenvalue weighted by atomic mass is 32.3. The summed E-state index contributed by atoms with van der Waals surface area (Å²) in [6.07, 6.45) is 0.775. The number of carbonyl (C=O) groups is 2. The summed E-state index contributed by atoms with van der Waals surface area (Å²) in [6.45, 7) is 4.46. The molecule has 38 heavy (non-hydrogen) atoms. The predicted octanol–water partition coefficient (Wildman–Crippen LogP) is 9.86. The lowest BCUT2D eigenvalue weighted by Gasteiger charge is -2.07. The fourth-order valence-corrected chi connectivity index (χ4v) is 19.1. The molecule has 0 aromatic heterocycles. The van der Waals surface area contributed by atoms with E-state index in [4.69, 9.17) is 9.47 Å². The Morgan fingerprint density at radius 2 is 0.947 bits per heavy atom. The van der Waals surface area contributed by atoms with Gasteiger partial charge >= 0.3 is 11.9 Å². The summed E-state index contributed by atoms with van der Waals surface area (Å²) in [7, 11) is 0. The molecule has 0 spiro atoms. The Kier molecular flexibility index (Phi) is 14.3. The van der Waals surface area contributed by atoms with Crippen LogP contribution in [-0.4, -0.2) is 48.2 Å². The second-order valence-electron chi connectivity index (χ2n) is 7.09. The van der Waals surface area contributed by atoms with Gasteiger partial charge in [0.05, 0.1) is 60.0 Å². The first-order valence-electron chi connectivity index (χ1n) is 11.4. The van der Waals surface area contributed by atoms with Crippen molar-refractivity contribution in [3.8, 4) is 0 Å². The molecule has 4 rings (SSSR count). The van der Waals surface area contributed by atoms with E-state index in [9.17, 15) is 9.59 Å². The van der Waals surface area contributed by atoms with Gasteiger partial charge in [0.1, 0.15) is 0 Å². The summed E-state index contributed by atoms with van der Waals surface area (Å²) in [5.41, 5.74) is 0. The fourth-order valence-electron chi connectivity index (χ4n) is 2.89. The Balaban J connectivity index is 1.37. The van der Waals surface area contributed by atoms with Gasteiger partial charge in [-0.15, -0.1) is 23.5 Å². The molecule has 0 bridgehead atoms. The van der Waals surface area contributed by atoms with Gasteiger partial charge in [-0.25, -0.2) is 0 Å². The SMILES string of the molecule is CCOC(=O)CCSC1=C(SCCC(=O)OCC)SC(=C2SC3=C(SC(=C4SC(CS)=C(CS)S4)S3)S2)S1. The van der Waals surface area contributed by atoms with Crippen LogP contribution in [-0.2, 0) is 19.1 Å². The number of thioether (sulfide) groups is 10. The van der Waals surface area contributed by atoms with E-state index in [1.165, 1.54) is 43.7 Å². The van der Waals surface area contributed by atoms with E-state index in [0.717, 1.165) is 11.5 Å². The van der Waals surface area contributed by atoms with Crippen molar-refractivity contribution in [3.63, 3.8) is 0 Å². The topological polar surface area (TPSA) is 52.6 Å². The highest BCUT2D eigenvalue weighted by molar-refractivity contribution is 8.50. The molecule has 0 fully saturated rings. The van der Waals surface area contributed by atoms with Crippen LogP contribution in [0, 0.1) is 0 Å². The van der Waals surface area contributed by atoms with E-state index in [1.807, 2.05) is 84.4 Å². The Morgan fingerprint density at radius 1 is 0.605 bits per heavy atom. The summed E-state index contributed by atoms with van der Waals surface area (Å²) in [5, 5.41) is 0. The first kappa shape index (κ1) is 32.7. The standard InChI is InChI=1S/C22H24O4S12/c1-3-25-13(23)5-7-29-15-16(30-8-6-14(24)26-4-2)34-19(33-15)20-37-21-22(38-20)36-18(35-21)17-31-11(9-27)12(10-28)32-17/h27-28H,3-10H2,1-2H3. The molecule has 4 nitrogen and oxygen atoms in total. The molecule has 0 aliphatic carbocycles. The zero-order valence-electron chi connectivity index (χ0n) is 20.3. The van der Waals surface area contributed by atoms with Crippen molar-refractivity contribution in [1.29, 1.82) is 0 Å². The summed E-state index contributed by atoms with van der Waals surface area (Å²) >= 11 is 27.1. The van der Waals surface area contributed by atoms with Gasteiger partial charge in [0.15, 0.2) is 0 Å².